The van der Waals surface area contributed by atoms with Crippen molar-refractivity contribution in [1.29, 1.82) is 5.41 Å². The number of nitrogens with two attached hydrogens (primary N) is 2. The molecule has 4 aromatic rings. The van der Waals surface area contributed by atoms with E-state index >= 15 is 4.39 Å². The number of amides is 1. The van der Waals surface area contributed by atoms with Crippen LogP contribution < -0.4 is 31.9 Å². The highest BCUT2D eigenvalue weighted by molar-refractivity contribution is 5.96. The maximum atomic E-state index is 16.1. The summed E-state index contributed by atoms with van der Waals surface area (Å²) in [5.41, 5.74) is 12.3. The third kappa shape index (κ3) is 4.79. The predicted molar refractivity (Wildman–Crippen MR) is 142 cm³/mol. The van der Waals surface area contributed by atoms with Gasteiger partial charge in [-0.3, -0.25) is 15.2 Å². The van der Waals surface area contributed by atoms with E-state index < -0.39 is 23.5 Å². The Hall–Kier alpha value is -5.13. The third-order valence-electron chi connectivity index (χ3n) is 6.46. The van der Waals surface area contributed by atoms with Crippen LogP contribution in [0.5, 0.6) is 11.5 Å². The Bertz CT molecular complexity index is 1630. The number of H-pyrrole nitrogens is 1. The zero-order valence-electron chi connectivity index (χ0n) is 21.0. The SMILES string of the molecule is COc1cc([C@H](Nc2ccc(C(=N)N)cc2)c2nn(-c3ccccc3C(N)=O)c(=O)[nH]2)c(F)c2c1OCCC2. The van der Waals surface area contributed by atoms with E-state index in [0.29, 0.717) is 47.8 Å². The summed E-state index contributed by atoms with van der Waals surface area (Å²) in [6, 6.07) is 13.4. The number of hydrogen-bond donors (Lipinski definition) is 5. The summed E-state index contributed by atoms with van der Waals surface area (Å²) in [7, 11) is 1.47. The zero-order valence-corrected chi connectivity index (χ0v) is 21.0. The number of anilines is 1. The van der Waals surface area contributed by atoms with Crippen molar-refractivity contribution in [2.75, 3.05) is 19.0 Å². The molecule has 0 spiro atoms. The van der Waals surface area contributed by atoms with Crippen molar-refractivity contribution in [1.82, 2.24) is 14.8 Å². The first kappa shape index (κ1) is 25.5. The largest absolute Gasteiger partial charge is 0.493 e. The minimum atomic E-state index is -0.996. The molecule has 0 saturated carbocycles. The van der Waals surface area contributed by atoms with E-state index in [1.165, 1.54) is 25.3 Å². The van der Waals surface area contributed by atoms with Gasteiger partial charge >= 0.3 is 5.69 Å². The van der Waals surface area contributed by atoms with Crippen LogP contribution in [0.2, 0.25) is 0 Å². The molecule has 11 nitrogen and oxygen atoms in total. The molecule has 1 aliphatic heterocycles. The highest BCUT2D eigenvalue weighted by Crippen LogP contribution is 2.41. The molecule has 39 heavy (non-hydrogen) atoms. The molecule has 0 bridgehead atoms. The van der Waals surface area contributed by atoms with Gasteiger partial charge in [-0.15, -0.1) is 5.10 Å². The second-order valence-electron chi connectivity index (χ2n) is 8.92. The number of ether oxygens (including phenoxy) is 2. The number of para-hydroxylation sites is 1. The maximum Gasteiger partial charge on any atom is 0.348 e. The Balaban J connectivity index is 1.67. The molecule has 0 radical (unpaired) electrons. The first-order valence-corrected chi connectivity index (χ1v) is 12.1. The van der Waals surface area contributed by atoms with Gasteiger partial charge in [0.15, 0.2) is 17.3 Å². The molecule has 5 rings (SSSR count). The summed E-state index contributed by atoms with van der Waals surface area (Å²) in [4.78, 5) is 27.7. The van der Waals surface area contributed by atoms with Crippen molar-refractivity contribution in [2.45, 2.75) is 18.9 Å². The smallest absolute Gasteiger partial charge is 0.348 e. The van der Waals surface area contributed by atoms with Gasteiger partial charge < -0.3 is 26.3 Å². The van der Waals surface area contributed by atoms with Crippen LogP contribution in [0.25, 0.3) is 5.69 Å². The normalized spacial score (nSPS) is 13.2. The monoisotopic (exact) mass is 531 g/mol. The van der Waals surface area contributed by atoms with Gasteiger partial charge in [0, 0.05) is 22.4 Å². The number of benzene rings is 3. The molecule has 1 aliphatic rings. The lowest BCUT2D eigenvalue weighted by Gasteiger charge is -2.25. The van der Waals surface area contributed by atoms with Gasteiger partial charge in [-0.2, -0.15) is 4.68 Å². The maximum absolute atomic E-state index is 16.1. The molecule has 7 N–H and O–H groups in total. The lowest BCUT2D eigenvalue weighted by atomic mass is 9.96. The lowest BCUT2D eigenvalue weighted by molar-refractivity contribution is 0.1000. The van der Waals surface area contributed by atoms with Crippen LogP contribution in [0.4, 0.5) is 10.1 Å². The summed E-state index contributed by atoms with van der Waals surface area (Å²) in [6.45, 7) is 0.448. The molecule has 0 aliphatic carbocycles. The summed E-state index contributed by atoms with van der Waals surface area (Å²) in [5, 5.41) is 15.3. The van der Waals surface area contributed by atoms with Crippen molar-refractivity contribution < 1.29 is 18.7 Å². The number of carbonyl (C=O) groups excluding carboxylic acids is 1. The van der Waals surface area contributed by atoms with Crippen LogP contribution in [0.1, 0.15) is 45.3 Å². The van der Waals surface area contributed by atoms with E-state index in [9.17, 15) is 9.59 Å². The molecule has 2 heterocycles. The molecule has 1 aromatic heterocycles. The average molecular weight is 532 g/mol. The molecule has 0 fully saturated rings. The number of primary amides is 1. The number of amidine groups is 1. The van der Waals surface area contributed by atoms with Gasteiger partial charge in [-0.05, 0) is 55.3 Å². The molecule has 3 aromatic carbocycles. The number of methoxy groups -OCH3 is 1. The van der Waals surface area contributed by atoms with Crippen molar-refractivity contribution in [2.24, 2.45) is 11.5 Å². The Morgan fingerprint density at radius 1 is 1.23 bits per heavy atom. The quantitative estimate of drug-likeness (QED) is 0.172. The standard InChI is InChI=1S/C27H26FN7O4/c1-38-20-13-18(21(28)17-6-4-12-39-23(17)20)22(32-15-10-8-14(9-11-15)24(29)30)26-33-27(37)35(34-26)19-7-3-2-5-16(19)25(31)36/h2-3,5,7-11,13,22,32H,4,6,12H2,1H3,(H3,29,30)(H2,31,36)(H,33,34,37)/t22-/m0/s1. The van der Waals surface area contributed by atoms with Gasteiger partial charge in [-0.1, -0.05) is 12.1 Å². The summed E-state index contributed by atoms with van der Waals surface area (Å²) in [6.07, 6.45) is 1.08. The molecule has 12 heteroatoms. The Morgan fingerprint density at radius 2 is 1.97 bits per heavy atom. The number of aromatic amines is 1. The number of nitrogen functional groups attached to an aromatic ring is 1. The zero-order chi connectivity index (χ0) is 27.7. The van der Waals surface area contributed by atoms with Crippen LogP contribution >= 0.6 is 0 Å². The summed E-state index contributed by atoms with van der Waals surface area (Å²) >= 11 is 0. The minimum Gasteiger partial charge on any atom is -0.493 e. The molecule has 1 atom stereocenters. The van der Waals surface area contributed by atoms with Crippen LogP contribution in [0, 0.1) is 11.2 Å². The Morgan fingerprint density at radius 3 is 2.67 bits per heavy atom. The predicted octanol–water partition coefficient (Wildman–Crippen LogP) is 2.62. The fourth-order valence-corrected chi connectivity index (χ4v) is 4.57. The number of hydrogen-bond acceptors (Lipinski definition) is 7. The number of carbonyl (C=O) groups is 1. The molecular weight excluding hydrogens is 505 g/mol. The van der Waals surface area contributed by atoms with E-state index in [-0.39, 0.29) is 28.5 Å². The van der Waals surface area contributed by atoms with E-state index in [0.717, 1.165) is 4.68 Å². The van der Waals surface area contributed by atoms with E-state index in [4.69, 9.17) is 26.4 Å². The first-order valence-electron chi connectivity index (χ1n) is 12.1. The van der Waals surface area contributed by atoms with Gasteiger partial charge in [-0.25, -0.2) is 9.18 Å². The van der Waals surface area contributed by atoms with Crippen LogP contribution in [0.15, 0.2) is 59.4 Å². The fourth-order valence-electron chi connectivity index (χ4n) is 4.57. The number of rotatable bonds is 8. The van der Waals surface area contributed by atoms with Crippen molar-refractivity contribution in [3.63, 3.8) is 0 Å². The van der Waals surface area contributed by atoms with Gasteiger partial charge in [0.05, 0.1) is 25.0 Å². The van der Waals surface area contributed by atoms with Crippen LogP contribution in [0.3, 0.4) is 0 Å². The second kappa shape index (κ2) is 10.3. The van der Waals surface area contributed by atoms with Gasteiger partial charge in [0.2, 0.25) is 0 Å². The molecule has 0 unspecified atom stereocenters. The van der Waals surface area contributed by atoms with Crippen LogP contribution in [-0.2, 0) is 6.42 Å². The van der Waals surface area contributed by atoms with Crippen molar-refractivity contribution in [3.8, 4) is 17.2 Å². The highest BCUT2D eigenvalue weighted by atomic mass is 19.1. The second-order valence-corrected chi connectivity index (χ2v) is 8.92. The highest BCUT2D eigenvalue weighted by Gasteiger charge is 2.30. The van der Waals surface area contributed by atoms with Crippen LogP contribution in [-0.4, -0.2) is 40.2 Å². The number of halogens is 1. The first-order chi connectivity index (χ1) is 18.8. The number of aromatic nitrogens is 3. The van der Waals surface area contributed by atoms with Crippen molar-refractivity contribution >= 4 is 17.4 Å². The molecule has 1 amide bonds. The van der Waals surface area contributed by atoms with Gasteiger partial charge in [0.1, 0.15) is 17.7 Å². The Labute approximate surface area is 222 Å². The lowest BCUT2D eigenvalue weighted by Crippen LogP contribution is -2.21. The summed E-state index contributed by atoms with van der Waals surface area (Å²) in [5.74, 6) is -0.569. The third-order valence-corrected chi connectivity index (χ3v) is 6.46. The van der Waals surface area contributed by atoms with E-state index in [1.54, 1.807) is 36.4 Å². The number of nitrogens with zero attached hydrogens (tertiary/aromatic N) is 2. The summed E-state index contributed by atoms with van der Waals surface area (Å²) < 4.78 is 28.3. The number of nitrogens with one attached hydrogen (secondary N) is 3. The van der Waals surface area contributed by atoms with Gasteiger partial charge in [0.25, 0.3) is 5.91 Å². The average Bonchev–Trinajstić information content (AvgIpc) is 3.33. The number of fused-ring (bicyclic) bond motifs is 1. The van der Waals surface area contributed by atoms with E-state index in [1.807, 2.05) is 0 Å². The molecule has 0 saturated heterocycles. The van der Waals surface area contributed by atoms with Crippen molar-refractivity contribution in [3.05, 3.63) is 99.0 Å². The topological polar surface area (TPSA) is 174 Å². The molecule has 200 valence electrons. The minimum absolute atomic E-state index is 0.0764. The Kier molecular flexibility index (Phi) is 6.75. The fraction of sp³-hybridized carbons (Fsp3) is 0.185. The molecular formula is C27H26FN7O4. The van der Waals surface area contributed by atoms with E-state index in [2.05, 4.69) is 15.4 Å².